The van der Waals surface area contributed by atoms with Gasteiger partial charge in [0.1, 0.15) is 5.82 Å². The minimum Gasteiger partial charge on any atom is -0.317 e. The fourth-order valence-corrected chi connectivity index (χ4v) is 2.26. The van der Waals surface area contributed by atoms with Crippen LogP contribution in [0.3, 0.4) is 0 Å². The molecule has 3 heterocycles. The van der Waals surface area contributed by atoms with Gasteiger partial charge >= 0.3 is 0 Å². The second-order valence-corrected chi connectivity index (χ2v) is 4.13. The van der Waals surface area contributed by atoms with Crippen LogP contribution in [-0.2, 0) is 0 Å². The molecule has 2 aromatic heterocycles. The number of hydrogen-bond donors (Lipinski definition) is 1. The minimum absolute atomic E-state index is 0.310. The van der Waals surface area contributed by atoms with Gasteiger partial charge in [-0.15, -0.1) is 10.2 Å². The van der Waals surface area contributed by atoms with Gasteiger partial charge in [0.25, 0.3) is 0 Å². The first-order chi connectivity index (χ1) is 7.86. The van der Waals surface area contributed by atoms with Crippen molar-refractivity contribution < 1.29 is 4.39 Å². The highest BCUT2D eigenvalue weighted by Crippen LogP contribution is 2.24. The zero-order valence-corrected chi connectivity index (χ0v) is 8.86. The van der Waals surface area contributed by atoms with Gasteiger partial charge < -0.3 is 5.32 Å². The number of aromatic nitrogens is 3. The lowest BCUT2D eigenvalue weighted by Gasteiger charge is -2.20. The SMILES string of the molecule is Fc1cccn2c(C3CCNCC3)nnc12. The summed E-state index contributed by atoms with van der Waals surface area (Å²) in [6.07, 6.45) is 3.91. The fraction of sp³-hybridized carbons (Fsp3) is 0.455. The fourth-order valence-electron chi connectivity index (χ4n) is 2.26. The Morgan fingerprint density at radius 2 is 2.12 bits per heavy atom. The molecule has 16 heavy (non-hydrogen) atoms. The molecule has 0 saturated carbocycles. The van der Waals surface area contributed by atoms with Gasteiger partial charge in [0.05, 0.1) is 0 Å². The highest BCUT2D eigenvalue weighted by Gasteiger charge is 2.21. The van der Waals surface area contributed by atoms with Crippen LogP contribution in [0.5, 0.6) is 0 Å². The van der Waals surface area contributed by atoms with Gasteiger partial charge in [0, 0.05) is 12.1 Å². The Hall–Kier alpha value is -1.49. The zero-order valence-electron chi connectivity index (χ0n) is 8.86. The van der Waals surface area contributed by atoms with Crippen molar-refractivity contribution in [2.75, 3.05) is 13.1 Å². The number of pyridine rings is 1. The molecule has 1 aliphatic heterocycles. The number of piperidine rings is 1. The van der Waals surface area contributed by atoms with Crippen LogP contribution in [0.15, 0.2) is 18.3 Å². The Labute approximate surface area is 92.5 Å². The molecule has 0 unspecified atom stereocenters. The third kappa shape index (κ3) is 1.48. The van der Waals surface area contributed by atoms with Crippen molar-refractivity contribution >= 4 is 5.65 Å². The summed E-state index contributed by atoms with van der Waals surface area (Å²) in [6.45, 7) is 1.99. The number of rotatable bonds is 1. The largest absolute Gasteiger partial charge is 0.317 e. The van der Waals surface area contributed by atoms with Crippen LogP contribution in [0.2, 0.25) is 0 Å². The highest BCUT2D eigenvalue weighted by atomic mass is 19.1. The molecule has 1 N–H and O–H groups in total. The lowest BCUT2D eigenvalue weighted by molar-refractivity contribution is 0.442. The molecule has 0 radical (unpaired) electrons. The van der Waals surface area contributed by atoms with E-state index in [1.54, 1.807) is 10.5 Å². The normalized spacial score (nSPS) is 18.1. The molecule has 84 valence electrons. The van der Waals surface area contributed by atoms with Crippen molar-refractivity contribution in [2.24, 2.45) is 0 Å². The molecule has 3 rings (SSSR count). The summed E-state index contributed by atoms with van der Waals surface area (Å²) >= 11 is 0. The Bertz CT molecular complexity index is 502. The molecule has 5 heteroatoms. The van der Waals surface area contributed by atoms with E-state index in [-0.39, 0.29) is 5.82 Å². The second kappa shape index (κ2) is 3.83. The summed E-state index contributed by atoms with van der Waals surface area (Å²) in [7, 11) is 0. The molecule has 4 nitrogen and oxygen atoms in total. The summed E-state index contributed by atoms with van der Waals surface area (Å²) in [4.78, 5) is 0. The van der Waals surface area contributed by atoms with E-state index in [4.69, 9.17) is 0 Å². The molecule has 0 aromatic carbocycles. The van der Waals surface area contributed by atoms with E-state index in [0.717, 1.165) is 31.8 Å². The lowest BCUT2D eigenvalue weighted by atomic mass is 9.97. The van der Waals surface area contributed by atoms with E-state index in [0.29, 0.717) is 11.6 Å². The van der Waals surface area contributed by atoms with Crippen molar-refractivity contribution in [3.63, 3.8) is 0 Å². The lowest BCUT2D eigenvalue weighted by Crippen LogP contribution is -2.27. The van der Waals surface area contributed by atoms with Crippen LogP contribution in [0.4, 0.5) is 4.39 Å². The van der Waals surface area contributed by atoms with E-state index in [9.17, 15) is 4.39 Å². The van der Waals surface area contributed by atoms with Crippen LogP contribution < -0.4 is 5.32 Å². The Kier molecular flexibility index (Phi) is 2.32. The van der Waals surface area contributed by atoms with Crippen molar-refractivity contribution in [1.29, 1.82) is 0 Å². The first-order valence-corrected chi connectivity index (χ1v) is 5.56. The molecule has 1 aliphatic rings. The number of halogens is 1. The summed E-state index contributed by atoms with van der Waals surface area (Å²) in [5.41, 5.74) is 0.330. The number of hydrogen-bond acceptors (Lipinski definition) is 3. The number of nitrogens with one attached hydrogen (secondary N) is 1. The quantitative estimate of drug-likeness (QED) is 0.788. The van der Waals surface area contributed by atoms with Gasteiger partial charge in [-0.25, -0.2) is 4.39 Å². The van der Waals surface area contributed by atoms with Gasteiger partial charge in [-0.05, 0) is 38.1 Å². The molecule has 1 saturated heterocycles. The van der Waals surface area contributed by atoms with Crippen molar-refractivity contribution in [2.45, 2.75) is 18.8 Å². The van der Waals surface area contributed by atoms with Gasteiger partial charge in [-0.3, -0.25) is 4.40 Å². The highest BCUT2D eigenvalue weighted by molar-refractivity contribution is 5.39. The molecule has 2 aromatic rings. The first kappa shape index (κ1) is 9.72. The van der Waals surface area contributed by atoms with Crippen LogP contribution >= 0.6 is 0 Å². The summed E-state index contributed by atoms with van der Waals surface area (Å²) in [5.74, 6) is 0.962. The van der Waals surface area contributed by atoms with Crippen LogP contribution in [0.1, 0.15) is 24.6 Å². The van der Waals surface area contributed by atoms with Crippen LogP contribution in [0, 0.1) is 5.82 Å². The molecule has 0 spiro atoms. The molecular formula is C11H13FN4. The maximum atomic E-state index is 13.4. The van der Waals surface area contributed by atoms with E-state index < -0.39 is 0 Å². The average Bonchev–Trinajstić information content (AvgIpc) is 2.75. The zero-order chi connectivity index (χ0) is 11.0. The van der Waals surface area contributed by atoms with E-state index in [1.807, 2.05) is 6.20 Å². The summed E-state index contributed by atoms with van der Waals surface area (Å²) < 4.78 is 15.2. The number of nitrogens with zero attached hydrogens (tertiary/aromatic N) is 3. The smallest absolute Gasteiger partial charge is 0.196 e. The predicted octanol–water partition coefficient (Wildman–Crippen LogP) is 1.34. The molecule has 0 atom stereocenters. The van der Waals surface area contributed by atoms with Crippen LogP contribution in [0.25, 0.3) is 5.65 Å². The second-order valence-electron chi connectivity index (χ2n) is 4.13. The molecule has 0 aliphatic carbocycles. The van der Waals surface area contributed by atoms with E-state index in [2.05, 4.69) is 15.5 Å². The summed E-state index contributed by atoms with van der Waals surface area (Å²) in [6, 6.07) is 3.10. The number of fused-ring (bicyclic) bond motifs is 1. The van der Waals surface area contributed by atoms with Gasteiger partial charge in [0.2, 0.25) is 0 Å². The van der Waals surface area contributed by atoms with E-state index >= 15 is 0 Å². The molecular weight excluding hydrogens is 207 g/mol. The maximum absolute atomic E-state index is 13.4. The predicted molar refractivity (Wildman–Crippen MR) is 57.8 cm³/mol. The van der Waals surface area contributed by atoms with E-state index in [1.165, 1.54) is 6.07 Å². The van der Waals surface area contributed by atoms with Crippen molar-refractivity contribution in [3.05, 3.63) is 30.0 Å². The summed E-state index contributed by atoms with van der Waals surface area (Å²) in [5, 5.41) is 11.3. The minimum atomic E-state index is -0.310. The third-order valence-electron chi connectivity index (χ3n) is 3.12. The Morgan fingerprint density at radius 1 is 1.31 bits per heavy atom. The average molecular weight is 220 g/mol. The van der Waals surface area contributed by atoms with Crippen molar-refractivity contribution in [3.8, 4) is 0 Å². The Morgan fingerprint density at radius 3 is 2.94 bits per heavy atom. The molecule has 0 amide bonds. The van der Waals surface area contributed by atoms with Crippen LogP contribution in [-0.4, -0.2) is 27.7 Å². The van der Waals surface area contributed by atoms with Crippen molar-refractivity contribution in [1.82, 2.24) is 19.9 Å². The Balaban J connectivity index is 2.06. The molecule has 1 fully saturated rings. The van der Waals surface area contributed by atoms with Gasteiger partial charge in [-0.2, -0.15) is 0 Å². The first-order valence-electron chi connectivity index (χ1n) is 5.56. The van der Waals surface area contributed by atoms with Gasteiger partial charge in [-0.1, -0.05) is 0 Å². The third-order valence-corrected chi connectivity index (χ3v) is 3.12. The maximum Gasteiger partial charge on any atom is 0.196 e. The topological polar surface area (TPSA) is 42.2 Å². The molecule has 0 bridgehead atoms. The monoisotopic (exact) mass is 220 g/mol. The van der Waals surface area contributed by atoms with Gasteiger partial charge in [0.15, 0.2) is 11.5 Å². The standard InChI is InChI=1S/C11H13FN4/c12-9-2-1-7-16-10(14-15-11(9)16)8-3-5-13-6-4-8/h1-2,7-8,13H,3-6H2.